The average Bonchev–Trinajstić information content (AvgIpc) is 2.17. The number of allylic oxidation sites excluding steroid dienone is 2. The molecule has 1 atom stereocenters. The second kappa shape index (κ2) is 3.75. The molecule has 1 heterocycles. The summed E-state index contributed by atoms with van der Waals surface area (Å²) < 4.78 is 0.108. The summed E-state index contributed by atoms with van der Waals surface area (Å²) >= 11 is -1.88. The van der Waals surface area contributed by atoms with E-state index in [9.17, 15) is 0 Å². The van der Waals surface area contributed by atoms with Crippen molar-refractivity contribution >= 4 is 32.1 Å². The van der Waals surface area contributed by atoms with E-state index in [1.54, 1.807) is 0 Å². The third-order valence-corrected chi connectivity index (χ3v) is 11.4. The van der Waals surface area contributed by atoms with Crippen LogP contribution < -0.4 is 0 Å². The summed E-state index contributed by atoms with van der Waals surface area (Å²) in [5, 5.41) is 1.43. The summed E-state index contributed by atoms with van der Waals surface area (Å²) in [5.74, 6) is 0. The van der Waals surface area contributed by atoms with E-state index in [0.29, 0.717) is 0 Å². The Balaban J connectivity index is 3.14. The predicted molar refractivity (Wildman–Crippen MR) is 56.1 cm³/mol. The first kappa shape index (κ1) is 11.3. The van der Waals surface area contributed by atoms with Gasteiger partial charge in [-0.2, -0.15) is 0 Å². The van der Waals surface area contributed by atoms with Gasteiger partial charge in [-0.15, -0.1) is 0 Å². The van der Waals surface area contributed by atoms with Crippen LogP contribution in [0.1, 0.15) is 27.7 Å². The molecule has 0 radical (unpaired) electrons. The van der Waals surface area contributed by atoms with Crippen LogP contribution in [0.3, 0.4) is 0 Å². The molecule has 0 aliphatic carbocycles. The van der Waals surface area contributed by atoms with Crippen molar-refractivity contribution in [2.24, 2.45) is 0 Å². The Bertz CT molecular complexity index is 270. The fourth-order valence-electron chi connectivity index (χ4n) is 1.32. The molecule has 67 valence electrons. The molecule has 0 saturated heterocycles. The maximum absolute atomic E-state index is 6.13. The van der Waals surface area contributed by atoms with Crippen LogP contribution in [-0.4, -0.2) is 8.75 Å². The third kappa shape index (κ3) is 1.70. The van der Waals surface area contributed by atoms with Crippen LogP contribution >= 0.6 is 26.8 Å². The molecule has 0 aromatic rings. The Morgan fingerprint density at radius 2 is 1.75 bits per heavy atom. The fourth-order valence-corrected chi connectivity index (χ4v) is 6.88. The molecular weight excluding hydrogens is 246 g/mol. The molecule has 0 amide bonds. The molecule has 0 aromatic heterocycles. The van der Waals surface area contributed by atoms with Gasteiger partial charge in [-0.25, -0.2) is 0 Å². The minimum atomic E-state index is -1.88. The van der Waals surface area contributed by atoms with Gasteiger partial charge in [0.1, 0.15) is 0 Å². The van der Waals surface area contributed by atoms with Crippen LogP contribution in [0.4, 0.5) is 0 Å². The van der Waals surface area contributed by atoms with Gasteiger partial charge in [0.05, 0.1) is 0 Å². The van der Waals surface area contributed by atoms with Crippen molar-refractivity contribution in [2.45, 2.75) is 31.2 Å². The van der Waals surface area contributed by atoms with Crippen molar-refractivity contribution in [1.29, 1.82) is 0 Å². The Labute approximate surface area is 89.7 Å². The zero-order valence-electron chi connectivity index (χ0n) is 7.70. The SMILES string of the molecule is CC1=P[C](C)([Ti]([Cl])[Cl])C(C)=C1C. The number of hydrogen-bond donors (Lipinski definition) is 0. The van der Waals surface area contributed by atoms with Gasteiger partial charge < -0.3 is 0 Å². The van der Waals surface area contributed by atoms with Gasteiger partial charge in [-0.1, -0.05) is 0 Å². The van der Waals surface area contributed by atoms with Crippen LogP contribution in [-0.2, 0) is 15.7 Å². The van der Waals surface area contributed by atoms with E-state index in [1.807, 2.05) is 0 Å². The van der Waals surface area contributed by atoms with Crippen LogP contribution in [0, 0.1) is 0 Å². The molecule has 4 heteroatoms. The van der Waals surface area contributed by atoms with Crippen LogP contribution in [0.2, 0.25) is 0 Å². The summed E-state index contributed by atoms with van der Waals surface area (Å²) in [4.78, 5) is 0. The van der Waals surface area contributed by atoms with Gasteiger partial charge in [-0.05, 0) is 0 Å². The third-order valence-electron chi connectivity index (χ3n) is 2.59. The van der Waals surface area contributed by atoms with Gasteiger partial charge in [0.25, 0.3) is 0 Å². The van der Waals surface area contributed by atoms with E-state index >= 15 is 0 Å². The molecule has 0 spiro atoms. The Morgan fingerprint density at radius 1 is 1.25 bits per heavy atom. The topological polar surface area (TPSA) is 0 Å². The van der Waals surface area contributed by atoms with E-state index in [1.165, 1.54) is 24.6 Å². The first-order valence-corrected chi connectivity index (χ1v) is 9.80. The summed E-state index contributed by atoms with van der Waals surface area (Å²) in [7, 11) is 13.6. The predicted octanol–water partition coefficient (Wildman–Crippen LogP) is 4.12. The Kier molecular flexibility index (Phi) is 3.53. The Hall–Kier alpha value is 1.20. The van der Waals surface area contributed by atoms with Crippen molar-refractivity contribution in [2.75, 3.05) is 0 Å². The van der Waals surface area contributed by atoms with Crippen molar-refractivity contribution in [3.05, 3.63) is 11.1 Å². The molecule has 0 fully saturated rings. The first-order chi connectivity index (χ1) is 5.39. The van der Waals surface area contributed by atoms with E-state index in [-0.39, 0.29) is 3.46 Å². The molecule has 0 N–H and O–H groups in total. The molecule has 0 bridgehead atoms. The van der Waals surface area contributed by atoms with Crippen molar-refractivity contribution < 1.29 is 15.7 Å². The summed E-state index contributed by atoms with van der Waals surface area (Å²) in [6, 6.07) is 0. The standard InChI is InChI=1S/C8H12P.2ClH.Ti/c1-5-6(2)8(4)9-7(5)3;;;/h1-4H3;2*1H;/q;;;+2/p-2. The van der Waals surface area contributed by atoms with Gasteiger partial charge in [-0.3, -0.25) is 0 Å². The monoisotopic (exact) mass is 257 g/mol. The minimum absolute atomic E-state index is 0.108. The van der Waals surface area contributed by atoms with Crippen LogP contribution in [0.15, 0.2) is 11.1 Å². The number of rotatable bonds is 1. The Morgan fingerprint density at radius 3 is 1.92 bits per heavy atom. The van der Waals surface area contributed by atoms with Crippen LogP contribution in [0.25, 0.3) is 0 Å². The molecule has 1 rings (SSSR count). The normalized spacial score (nSPS) is 30.7. The van der Waals surface area contributed by atoms with Gasteiger partial charge in [0.2, 0.25) is 0 Å². The first-order valence-electron chi connectivity index (χ1n) is 3.83. The summed E-state index contributed by atoms with van der Waals surface area (Å²) in [6.45, 7) is 8.69. The second-order valence-electron chi connectivity index (χ2n) is 3.28. The zero-order valence-corrected chi connectivity index (χ0v) is 11.7. The molecule has 0 saturated carbocycles. The molecule has 1 aliphatic rings. The quantitative estimate of drug-likeness (QED) is 0.490. The van der Waals surface area contributed by atoms with Crippen molar-refractivity contribution in [3.8, 4) is 0 Å². The van der Waals surface area contributed by atoms with Gasteiger partial charge >= 0.3 is 90.2 Å². The molecule has 0 nitrogen and oxygen atoms in total. The van der Waals surface area contributed by atoms with Crippen LogP contribution in [0.5, 0.6) is 0 Å². The van der Waals surface area contributed by atoms with E-state index in [4.69, 9.17) is 18.6 Å². The zero-order chi connectivity index (χ0) is 9.52. The molecular formula is C8H12Cl2PTi. The summed E-state index contributed by atoms with van der Waals surface area (Å²) in [6.07, 6.45) is 0. The van der Waals surface area contributed by atoms with E-state index in [2.05, 4.69) is 27.7 Å². The average molecular weight is 258 g/mol. The van der Waals surface area contributed by atoms with Crippen molar-refractivity contribution in [3.63, 3.8) is 0 Å². The van der Waals surface area contributed by atoms with Gasteiger partial charge in [0, 0.05) is 0 Å². The fraction of sp³-hybridized carbons (Fsp3) is 0.625. The second-order valence-corrected chi connectivity index (χ2v) is 12.0. The molecule has 1 aliphatic heterocycles. The van der Waals surface area contributed by atoms with E-state index in [0.717, 1.165) is 0 Å². The molecule has 12 heavy (non-hydrogen) atoms. The van der Waals surface area contributed by atoms with E-state index < -0.39 is 15.7 Å². The molecule has 1 unspecified atom stereocenters. The van der Waals surface area contributed by atoms with Crippen molar-refractivity contribution in [1.82, 2.24) is 0 Å². The maximum atomic E-state index is 6.13. The van der Waals surface area contributed by atoms with Gasteiger partial charge in [0.15, 0.2) is 0 Å². The molecule has 0 aromatic carbocycles. The number of hydrogen-bond acceptors (Lipinski definition) is 0. The summed E-state index contributed by atoms with van der Waals surface area (Å²) in [5.41, 5.74) is 2.81. The number of halogens is 2.